The molecule has 0 atom stereocenters. The summed E-state index contributed by atoms with van der Waals surface area (Å²) < 4.78 is 15.3. The predicted molar refractivity (Wildman–Crippen MR) is 82.0 cm³/mol. The number of carbonyl (C=O) groups is 1. The summed E-state index contributed by atoms with van der Waals surface area (Å²) in [5.41, 5.74) is 1.13. The van der Waals surface area contributed by atoms with E-state index in [4.69, 9.17) is 13.8 Å². The molecule has 0 saturated heterocycles. The van der Waals surface area contributed by atoms with Crippen molar-refractivity contribution in [3.8, 4) is 11.5 Å². The lowest BCUT2D eigenvalue weighted by atomic mass is 10.1. The third-order valence-corrected chi connectivity index (χ3v) is 3.22. The molecule has 124 valence electrons. The van der Waals surface area contributed by atoms with E-state index in [0.29, 0.717) is 23.1 Å². The molecule has 0 spiro atoms. The molecule has 8 nitrogen and oxygen atoms in total. The van der Waals surface area contributed by atoms with Crippen molar-refractivity contribution in [1.29, 1.82) is 0 Å². The van der Waals surface area contributed by atoms with Crippen LogP contribution in [0.2, 0.25) is 0 Å². The van der Waals surface area contributed by atoms with Gasteiger partial charge < -0.3 is 13.8 Å². The van der Waals surface area contributed by atoms with Gasteiger partial charge in [-0.25, -0.2) is 4.79 Å². The van der Waals surface area contributed by atoms with E-state index in [2.05, 4.69) is 20.3 Å². The quantitative estimate of drug-likeness (QED) is 0.658. The average Bonchev–Trinajstić information content (AvgIpc) is 3.22. The fourth-order valence-electron chi connectivity index (χ4n) is 1.94. The summed E-state index contributed by atoms with van der Waals surface area (Å²) in [7, 11) is 0. The van der Waals surface area contributed by atoms with Gasteiger partial charge in [-0.3, -0.25) is 0 Å². The number of esters is 1. The summed E-state index contributed by atoms with van der Waals surface area (Å²) in [4.78, 5) is 20.3. The number of hydrogen-bond donors (Lipinski definition) is 0. The first-order valence-corrected chi connectivity index (χ1v) is 7.43. The maximum absolute atomic E-state index is 12.0. The number of benzene rings is 1. The van der Waals surface area contributed by atoms with E-state index in [1.165, 1.54) is 0 Å². The second kappa shape index (κ2) is 6.61. The van der Waals surface area contributed by atoms with Crippen molar-refractivity contribution in [3.05, 3.63) is 47.4 Å². The Hall–Kier alpha value is -3.03. The molecule has 0 aliphatic rings. The van der Waals surface area contributed by atoms with E-state index in [1.54, 1.807) is 31.2 Å². The molecule has 0 bridgehead atoms. The first-order chi connectivity index (χ1) is 11.5. The van der Waals surface area contributed by atoms with Gasteiger partial charge in [-0.05, 0) is 31.2 Å². The van der Waals surface area contributed by atoms with Crippen molar-refractivity contribution >= 4 is 5.97 Å². The molecule has 0 N–H and O–H groups in total. The van der Waals surface area contributed by atoms with Crippen LogP contribution in [0.1, 0.15) is 47.7 Å². The Morgan fingerprint density at radius 1 is 1.12 bits per heavy atom. The van der Waals surface area contributed by atoms with Gasteiger partial charge >= 0.3 is 5.97 Å². The Morgan fingerprint density at radius 3 is 2.46 bits per heavy atom. The lowest BCUT2D eigenvalue weighted by molar-refractivity contribution is 0.0430. The van der Waals surface area contributed by atoms with Gasteiger partial charge in [0.1, 0.15) is 0 Å². The zero-order valence-corrected chi connectivity index (χ0v) is 13.5. The average molecular weight is 328 g/mol. The Balaban J connectivity index is 1.62. The standard InChI is InChI=1S/C16H16N4O4/c1-9(2)14-18-13(23-20-14)8-22-16(21)12-6-4-11(5-7-12)15-17-10(3)19-24-15/h4-7,9H,8H2,1-3H3. The van der Waals surface area contributed by atoms with Gasteiger partial charge in [-0.1, -0.05) is 24.2 Å². The fourth-order valence-corrected chi connectivity index (χ4v) is 1.94. The highest BCUT2D eigenvalue weighted by atomic mass is 16.6. The monoisotopic (exact) mass is 328 g/mol. The van der Waals surface area contributed by atoms with Crippen LogP contribution in [0.4, 0.5) is 0 Å². The normalized spacial score (nSPS) is 11.0. The van der Waals surface area contributed by atoms with Crippen LogP contribution >= 0.6 is 0 Å². The smallest absolute Gasteiger partial charge is 0.338 e. The molecule has 0 aliphatic carbocycles. The van der Waals surface area contributed by atoms with Crippen LogP contribution in [0.15, 0.2) is 33.3 Å². The maximum Gasteiger partial charge on any atom is 0.338 e. The fraction of sp³-hybridized carbons (Fsp3) is 0.312. The molecule has 3 rings (SSSR count). The Kier molecular flexibility index (Phi) is 4.37. The summed E-state index contributed by atoms with van der Waals surface area (Å²) in [6.45, 7) is 5.57. The zero-order chi connectivity index (χ0) is 17.1. The van der Waals surface area contributed by atoms with Crippen molar-refractivity contribution in [2.45, 2.75) is 33.3 Å². The summed E-state index contributed by atoms with van der Waals surface area (Å²) in [6.07, 6.45) is 0. The highest BCUT2D eigenvalue weighted by Crippen LogP contribution is 2.18. The van der Waals surface area contributed by atoms with Crippen LogP contribution in [0, 0.1) is 6.92 Å². The van der Waals surface area contributed by atoms with Gasteiger partial charge in [-0.15, -0.1) is 0 Å². The molecular formula is C16H16N4O4. The minimum Gasteiger partial charge on any atom is -0.452 e. The summed E-state index contributed by atoms with van der Waals surface area (Å²) >= 11 is 0. The summed E-state index contributed by atoms with van der Waals surface area (Å²) in [5.74, 6) is 1.48. The molecule has 0 unspecified atom stereocenters. The second-order valence-corrected chi connectivity index (χ2v) is 5.50. The number of rotatable bonds is 5. The Bertz CT molecular complexity index is 836. The Labute approximate surface area is 137 Å². The first kappa shape index (κ1) is 15.9. The lowest BCUT2D eigenvalue weighted by Crippen LogP contribution is -2.05. The van der Waals surface area contributed by atoms with Crippen molar-refractivity contribution in [1.82, 2.24) is 20.3 Å². The Morgan fingerprint density at radius 2 is 1.88 bits per heavy atom. The number of carbonyl (C=O) groups excluding carboxylic acids is 1. The molecule has 3 aromatic rings. The molecule has 0 fully saturated rings. The molecule has 24 heavy (non-hydrogen) atoms. The number of hydrogen-bond acceptors (Lipinski definition) is 8. The SMILES string of the molecule is Cc1noc(-c2ccc(C(=O)OCc3nc(C(C)C)no3)cc2)n1. The minimum absolute atomic E-state index is 0.0663. The zero-order valence-electron chi connectivity index (χ0n) is 13.5. The first-order valence-electron chi connectivity index (χ1n) is 7.43. The van der Waals surface area contributed by atoms with Crippen LogP contribution < -0.4 is 0 Å². The molecule has 2 heterocycles. The van der Waals surface area contributed by atoms with E-state index < -0.39 is 5.97 Å². The van der Waals surface area contributed by atoms with Crippen LogP contribution in [-0.4, -0.2) is 26.3 Å². The second-order valence-electron chi connectivity index (χ2n) is 5.50. The number of aryl methyl sites for hydroxylation is 1. The molecule has 0 aliphatic heterocycles. The lowest BCUT2D eigenvalue weighted by Gasteiger charge is -2.02. The highest BCUT2D eigenvalue weighted by molar-refractivity contribution is 5.89. The molecule has 8 heteroatoms. The van der Waals surface area contributed by atoms with Gasteiger partial charge in [0.15, 0.2) is 18.3 Å². The van der Waals surface area contributed by atoms with E-state index in [0.717, 1.165) is 5.56 Å². The van der Waals surface area contributed by atoms with E-state index in [9.17, 15) is 4.79 Å². The summed E-state index contributed by atoms with van der Waals surface area (Å²) in [6, 6.07) is 6.69. The predicted octanol–water partition coefficient (Wildman–Crippen LogP) is 2.91. The van der Waals surface area contributed by atoms with Gasteiger partial charge in [0.2, 0.25) is 0 Å². The van der Waals surface area contributed by atoms with Crippen LogP contribution in [0.3, 0.4) is 0 Å². The molecule has 2 aromatic heterocycles. The molecule has 1 aromatic carbocycles. The van der Waals surface area contributed by atoms with Gasteiger partial charge in [0, 0.05) is 11.5 Å². The third-order valence-electron chi connectivity index (χ3n) is 3.22. The van der Waals surface area contributed by atoms with E-state index in [-0.39, 0.29) is 18.4 Å². The number of nitrogens with zero attached hydrogens (tertiary/aromatic N) is 4. The van der Waals surface area contributed by atoms with Crippen molar-refractivity contribution < 1.29 is 18.6 Å². The summed E-state index contributed by atoms with van der Waals surface area (Å²) in [5, 5.41) is 7.54. The van der Waals surface area contributed by atoms with Gasteiger partial charge in [0.05, 0.1) is 5.56 Å². The van der Waals surface area contributed by atoms with Crippen molar-refractivity contribution in [3.63, 3.8) is 0 Å². The maximum atomic E-state index is 12.0. The number of aromatic nitrogens is 4. The largest absolute Gasteiger partial charge is 0.452 e. The minimum atomic E-state index is -0.479. The number of ether oxygens (including phenoxy) is 1. The topological polar surface area (TPSA) is 104 Å². The molecule has 0 radical (unpaired) electrons. The highest BCUT2D eigenvalue weighted by Gasteiger charge is 2.14. The molecule has 0 amide bonds. The molecular weight excluding hydrogens is 312 g/mol. The van der Waals surface area contributed by atoms with Gasteiger partial charge in [0.25, 0.3) is 11.8 Å². The van der Waals surface area contributed by atoms with E-state index >= 15 is 0 Å². The molecule has 0 saturated carbocycles. The van der Waals surface area contributed by atoms with E-state index in [1.807, 2.05) is 13.8 Å². The van der Waals surface area contributed by atoms with Crippen molar-refractivity contribution in [2.75, 3.05) is 0 Å². The third kappa shape index (κ3) is 3.48. The van der Waals surface area contributed by atoms with Crippen LogP contribution in [-0.2, 0) is 11.3 Å². The van der Waals surface area contributed by atoms with Crippen LogP contribution in [0.25, 0.3) is 11.5 Å². The van der Waals surface area contributed by atoms with Gasteiger partial charge in [-0.2, -0.15) is 9.97 Å². The van der Waals surface area contributed by atoms with Crippen LogP contribution in [0.5, 0.6) is 0 Å². The van der Waals surface area contributed by atoms with Crippen molar-refractivity contribution in [2.24, 2.45) is 0 Å².